The quantitative estimate of drug-likeness (QED) is 0.199. The molecule has 5 aromatic carbocycles. The van der Waals surface area contributed by atoms with Gasteiger partial charge in [0, 0.05) is 10.8 Å². The molecule has 0 fully saturated rings. The highest BCUT2D eigenvalue weighted by atomic mass is 14.4. The molecule has 8 rings (SSSR count). The lowest BCUT2D eigenvalue weighted by Crippen LogP contribution is -2.25. The summed E-state index contributed by atoms with van der Waals surface area (Å²) < 4.78 is 0. The van der Waals surface area contributed by atoms with Gasteiger partial charge in [-0.05, 0) is 101 Å². The van der Waals surface area contributed by atoms with Crippen LogP contribution in [-0.2, 0) is 16.2 Å². The molecule has 5 aromatic rings. The van der Waals surface area contributed by atoms with Gasteiger partial charge in [0.1, 0.15) is 0 Å². The first kappa shape index (κ1) is 22.4. The standard InChI is InChI=1S/C38H34/c1-36(2,3)21-12-13-23-24-14-15-25-28-20-33-29(22-10-8-9-11-30(22)37(33,4)5)19-27(28)26-16-17-31(35(24)34(25)26)38(6,7)32(23)18-21/h8-20H,1-7H3. The van der Waals surface area contributed by atoms with Crippen LogP contribution < -0.4 is 0 Å². The van der Waals surface area contributed by atoms with E-state index in [1.807, 2.05) is 0 Å². The van der Waals surface area contributed by atoms with E-state index in [1.54, 1.807) is 0 Å². The summed E-state index contributed by atoms with van der Waals surface area (Å²) in [6.07, 6.45) is 0. The van der Waals surface area contributed by atoms with Crippen LogP contribution in [0.25, 0.3) is 55.3 Å². The summed E-state index contributed by atoms with van der Waals surface area (Å²) in [5.41, 5.74) is 18.5. The largest absolute Gasteiger partial charge is 0.0619 e. The van der Waals surface area contributed by atoms with Crippen LogP contribution >= 0.6 is 0 Å². The van der Waals surface area contributed by atoms with Crippen molar-refractivity contribution in [2.24, 2.45) is 0 Å². The van der Waals surface area contributed by atoms with Crippen molar-refractivity contribution in [3.8, 4) is 44.5 Å². The summed E-state index contributed by atoms with van der Waals surface area (Å²) in [5.74, 6) is 0. The second-order valence-electron chi connectivity index (χ2n) is 13.8. The summed E-state index contributed by atoms with van der Waals surface area (Å²) in [6.45, 7) is 16.5. The van der Waals surface area contributed by atoms with Gasteiger partial charge in [0.25, 0.3) is 0 Å². The molecule has 0 radical (unpaired) electrons. The maximum Gasteiger partial charge on any atom is 0.0159 e. The highest BCUT2D eigenvalue weighted by Gasteiger charge is 2.40. The molecule has 3 aliphatic rings. The van der Waals surface area contributed by atoms with Gasteiger partial charge in [0.05, 0.1) is 0 Å². The molecule has 0 aromatic heterocycles. The molecule has 38 heavy (non-hydrogen) atoms. The predicted octanol–water partition coefficient (Wildman–Crippen LogP) is 10.4. The first-order chi connectivity index (χ1) is 18.0. The Morgan fingerprint density at radius 2 is 0.974 bits per heavy atom. The predicted molar refractivity (Wildman–Crippen MR) is 162 cm³/mol. The summed E-state index contributed by atoms with van der Waals surface area (Å²) in [4.78, 5) is 0. The molecule has 0 saturated heterocycles. The third-order valence-electron chi connectivity index (χ3n) is 9.99. The number of rotatable bonds is 0. The normalized spacial score (nSPS) is 16.7. The number of hydrogen-bond acceptors (Lipinski definition) is 0. The Morgan fingerprint density at radius 3 is 1.71 bits per heavy atom. The van der Waals surface area contributed by atoms with Gasteiger partial charge < -0.3 is 0 Å². The van der Waals surface area contributed by atoms with Crippen molar-refractivity contribution in [3.63, 3.8) is 0 Å². The Labute approximate surface area is 226 Å². The van der Waals surface area contributed by atoms with Gasteiger partial charge in [0.2, 0.25) is 0 Å². The average Bonchev–Trinajstić information content (AvgIpc) is 3.32. The van der Waals surface area contributed by atoms with Crippen molar-refractivity contribution >= 4 is 10.8 Å². The lowest BCUT2D eigenvalue weighted by Gasteiger charge is -2.36. The molecule has 0 heteroatoms. The summed E-state index contributed by atoms with van der Waals surface area (Å²) >= 11 is 0. The Bertz CT molecular complexity index is 1880. The van der Waals surface area contributed by atoms with Crippen LogP contribution in [0.5, 0.6) is 0 Å². The third kappa shape index (κ3) is 2.52. The van der Waals surface area contributed by atoms with Crippen molar-refractivity contribution in [1.29, 1.82) is 0 Å². The van der Waals surface area contributed by atoms with Crippen LogP contribution in [0.4, 0.5) is 0 Å². The van der Waals surface area contributed by atoms with Gasteiger partial charge in [-0.25, -0.2) is 0 Å². The summed E-state index contributed by atoms with van der Waals surface area (Å²) in [6, 6.07) is 30.8. The van der Waals surface area contributed by atoms with E-state index in [-0.39, 0.29) is 16.2 Å². The van der Waals surface area contributed by atoms with E-state index in [1.165, 1.54) is 83.1 Å². The number of hydrogen-bond donors (Lipinski definition) is 0. The van der Waals surface area contributed by atoms with Gasteiger partial charge in [-0.1, -0.05) is 115 Å². The molecule has 0 atom stereocenters. The van der Waals surface area contributed by atoms with Crippen LogP contribution in [0.15, 0.2) is 78.9 Å². The van der Waals surface area contributed by atoms with Gasteiger partial charge in [-0.2, -0.15) is 0 Å². The van der Waals surface area contributed by atoms with Gasteiger partial charge in [0.15, 0.2) is 0 Å². The number of fused-ring (bicyclic) bond motifs is 8. The van der Waals surface area contributed by atoms with Gasteiger partial charge in [-0.3, -0.25) is 0 Å². The molecule has 0 amide bonds. The number of benzene rings is 5. The molecule has 0 N–H and O–H groups in total. The Hall–Kier alpha value is -3.64. The third-order valence-corrected chi connectivity index (χ3v) is 9.99. The zero-order valence-electron chi connectivity index (χ0n) is 23.5. The van der Waals surface area contributed by atoms with E-state index in [2.05, 4.69) is 127 Å². The lowest BCUT2D eigenvalue weighted by molar-refractivity contribution is 0.582. The molecule has 0 aliphatic heterocycles. The van der Waals surface area contributed by atoms with E-state index in [9.17, 15) is 0 Å². The van der Waals surface area contributed by atoms with Crippen molar-refractivity contribution in [2.75, 3.05) is 0 Å². The molecule has 0 saturated carbocycles. The average molecular weight is 491 g/mol. The van der Waals surface area contributed by atoms with Crippen LogP contribution in [0.3, 0.4) is 0 Å². The highest BCUT2D eigenvalue weighted by Crippen LogP contribution is 2.59. The molecule has 0 nitrogen and oxygen atoms in total. The Kier molecular flexibility index (Phi) is 3.92. The topological polar surface area (TPSA) is 0 Å². The van der Waals surface area contributed by atoms with Crippen LogP contribution in [0, 0.1) is 0 Å². The molecular weight excluding hydrogens is 456 g/mol. The van der Waals surface area contributed by atoms with Gasteiger partial charge >= 0.3 is 0 Å². The first-order valence-electron chi connectivity index (χ1n) is 14.0. The second kappa shape index (κ2) is 6.67. The van der Waals surface area contributed by atoms with Gasteiger partial charge in [-0.15, -0.1) is 0 Å². The smallest absolute Gasteiger partial charge is 0.0159 e. The lowest BCUT2D eigenvalue weighted by atomic mass is 9.67. The minimum atomic E-state index is -0.0573. The molecule has 0 spiro atoms. The van der Waals surface area contributed by atoms with Crippen LogP contribution in [-0.4, -0.2) is 0 Å². The molecule has 0 heterocycles. The van der Waals surface area contributed by atoms with E-state index in [0.717, 1.165) is 0 Å². The van der Waals surface area contributed by atoms with E-state index in [4.69, 9.17) is 0 Å². The van der Waals surface area contributed by atoms with E-state index < -0.39 is 0 Å². The van der Waals surface area contributed by atoms with E-state index >= 15 is 0 Å². The van der Waals surface area contributed by atoms with Crippen molar-refractivity contribution < 1.29 is 0 Å². The minimum Gasteiger partial charge on any atom is -0.0619 e. The fourth-order valence-electron chi connectivity index (χ4n) is 7.79. The maximum atomic E-state index is 2.51. The molecule has 0 unspecified atom stereocenters. The van der Waals surface area contributed by atoms with Crippen molar-refractivity contribution in [3.05, 3.63) is 107 Å². The van der Waals surface area contributed by atoms with Crippen molar-refractivity contribution in [2.45, 2.75) is 64.7 Å². The Morgan fingerprint density at radius 1 is 0.421 bits per heavy atom. The van der Waals surface area contributed by atoms with Crippen LogP contribution in [0.1, 0.15) is 76.3 Å². The second-order valence-corrected chi connectivity index (χ2v) is 13.8. The highest BCUT2D eigenvalue weighted by molar-refractivity contribution is 6.21. The van der Waals surface area contributed by atoms with Crippen molar-refractivity contribution in [1.82, 2.24) is 0 Å². The SMILES string of the molecule is CC(C)(C)c1ccc2c(c1)C(C)(C)c1ccc3c4c(ccc-2c14)-c1cc2c(cc1-3)-c1ccccc1C2(C)C. The zero-order chi connectivity index (χ0) is 26.4. The fourth-order valence-corrected chi connectivity index (χ4v) is 7.79. The monoisotopic (exact) mass is 490 g/mol. The molecule has 186 valence electrons. The van der Waals surface area contributed by atoms with Crippen LogP contribution in [0.2, 0.25) is 0 Å². The fraction of sp³-hybridized carbons (Fsp3) is 0.263. The molecular formula is C38H34. The zero-order valence-corrected chi connectivity index (χ0v) is 23.5. The maximum absolute atomic E-state index is 2.51. The first-order valence-corrected chi connectivity index (χ1v) is 14.0. The van der Waals surface area contributed by atoms with E-state index in [0.29, 0.717) is 0 Å². The summed E-state index contributed by atoms with van der Waals surface area (Å²) in [7, 11) is 0. The minimum absolute atomic E-state index is 0.0110. The Balaban J connectivity index is 1.43. The summed E-state index contributed by atoms with van der Waals surface area (Å²) in [5, 5.41) is 2.90. The molecule has 3 aliphatic carbocycles. The molecule has 0 bridgehead atoms.